The van der Waals surface area contributed by atoms with Crippen LogP contribution in [0.3, 0.4) is 0 Å². The number of aliphatic hydroxyl groups excluding tert-OH is 12. The van der Waals surface area contributed by atoms with Crippen LogP contribution in [0.15, 0.2) is 11.6 Å². The predicted molar refractivity (Wildman–Crippen MR) is 220 cm³/mol. The highest BCUT2D eigenvalue weighted by atomic mass is 16.8. The third-order valence-corrected chi connectivity index (χ3v) is 16.9. The average Bonchev–Trinajstić information content (AvgIpc) is 3.56. The summed E-state index contributed by atoms with van der Waals surface area (Å²) in [5, 5.41) is 130. The summed E-state index contributed by atoms with van der Waals surface area (Å²) < 4.78 is 36.5. The first-order valence-corrected chi connectivity index (χ1v) is 23.3. The number of aliphatic hydroxyl groups is 12. The Hall–Kier alpha value is -0.980. The molecule has 3 saturated carbocycles. The van der Waals surface area contributed by atoms with Gasteiger partial charge >= 0.3 is 0 Å². The van der Waals surface area contributed by atoms with Gasteiger partial charge in [-0.1, -0.05) is 46.3 Å². The number of hydrogen-bond donors (Lipinski definition) is 12. The van der Waals surface area contributed by atoms with Gasteiger partial charge in [-0.15, -0.1) is 0 Å². The van der Waals surface area contributed by atoms with Crippen molar-refractivity contribution in [3.05, 3.63) is 11.6 Å². The van der Waals surface area contributed by atoms with E-state index in [0.717, 1.165) is 12.0 Å². The van der Waals surface area contributed by atoms with Gasteiger partial charge in [0.05, 0.1) is 43.7 Å². The van der Waals surface area contributed by atoms with Crippen molar-refractivity contribution in [3.63, 3.8) is 0 Å². The second kappa shape index (κ2) is 19.6. The Bertz CT molecular complexity index is 1550. The molecule has 6 fully saturated rings. The second-order valence-corrected chi connectivity index (χ2v) is 20.9. The molecular weight excluding hydrogens is 828 g/mol. The molecule has 0 aromatic rings. The maximum absolute atomic E-state index is 12.5. The van der Waals surface area contributed by atoms with Crippen LogP contribution in [0.25, 0.3) is 0 Å². The van der Waals surface area contributed by atoms with Crippen LogP contribution < -0.4 is 0 Å². The molecule has 0 spiro atoms. The number of hydrogen-bond acceptors (Lipinski definition) is 18. The largest absolute Gasteiger partial charge is 0.394 e. The molecule has 0 aromatic heterocycles. The minimum Gasteiger partial charge on any atom is -0.394 e. The summed E-state index contributed by atoms with van der Waals surface area (Å²) in [5.74, 6) is -0.265. The lowest BCUT2D eigenvalue weighted by Crippen LogP contribution is -2.64. The van der Waals surface area contributed by atoms with Gasteiger partial charge in [-0.3, -0.25) is 0 Å². The standard InChI is InChI=1S/C45H76O18/c1-18(2)7-10-26(48)19(3)31-27(60-42-39(57)36(54)33(51)28(16-46)61-42)14-25-23-9-8-21-13-22(11-12-44(21,5)24(23)15-30(49)45(25,31)6)59-43-40(37(55)34(52)29(17-47)62-43)63-41-38(56)35(53)32(50)20(4)58-41/h8,18-20,22-43,46-57H,7,9-17H2,1-6H3/t19-,20+,22+,23-,24+,25+,26+,27+,28-,29-,30-,31+,32+,33-,34-,35-,36+,37+,38-,39-,40-,41+,42-,43-,44+,45-/m1/s1. The van der Waals surface area contributed by atoms with E-state index in [9.17, 15) is 61.3 Å². The Morgan fingerprint density at radius 1 is 0.698 bits per heavy atom. The number of fused-ring (bicyclic) bond motifs is 5. The van der Waals surface area contributed by atoms with Crippen LogP contribution in [0.5, 0.6) is 0 Å². The molecule has 3 heterocycles. The van der Waals surface area contributed by atoms with Crippen LogP contribution >= 0.6 is 0 Å². The predicted octanol–water partition coefficient (Wildman–Crippen LogP) is -1.20. The van der Waals surface area contributed by atoms with Crippen LogP contribution in [-0.4, -0.2) is 191 Å². The van der Waals surface area contributed by atoms with Crippen molar-refractivity contribution in [2.75, 3.05) is 13.2 Å². The summed E-state index contributed by atoms with van der Waals surface area (Å²) >= 11 is 0. The van der Waals surface area contributed by atoms with E-state index in [4.69, 9.17) is 28.4 Å². The molecule has 0 unspecified atom stereocenters. The van der Waals surface area contributed by atoms with Crippen LogP contribution in [0.1, 0.15) is 92.9 Å². The fourth-order valence-corrected chi connectivity index (χ4v) is 12.9. The monoisotopic (exact) mass is 905 g/mol. The van der Waals surface area contributed by atoms with Crippen molar-refractivity contribution in [1.82, 2.24) is 0 Å². The Kier molecular flexibility index (Phi) is 15.5. The minimum atomic E-state index is -1.69. The van der Waals surface area contributed by atoms with E-state index in [2.05, 4.69) is 33.8 Å². The summed E-state index contributed by atoms with van der Waals surface area (Å²) in [7, 11) is 0. The average molecular weight is 905 g/mol. The molecule has 18 nitrogen and oxygen atoms in total. The lowest BCUT2D eigenvalue weighted by molar-refractivity contribution is -0.369. The van der Waals surface area contributed by atoms with Gasteiger partial charge in [0.1, 0.15) is 67.1 Å². The second-order valence-electron chi connectivity index (χ2n) is 20.9. The van der Waals surface area contributed by atoms with E-state index in [1.165, 1.54) is 6.92 Å². The smallest absolute Gasteiger partial charge is 0.187 e. The first-order valence-electron chi connectivity index (χ1n) is 23.3. The van der Waals surface area contributed by atoms with Crippen LogP contribution in [0, 0.1) is 46.3 Å². The SMILES string of the molecule is CC(C)CC[C@H](O)[C@@H](C)[C@H]1[C@@H](O[C@@H]2O[C@H](CO)[C@@H](O)[C@H](O)[C@H]2O)C[C@H]2[C@@H]3CC=C4C[C@@H](O[C@@H]5O[C@H](CO)[C@@H](O)[C@H](O)[C@H]5O[C@@H]5O[C@@H](C)[C@H](O)[C@@H](O)[C@H]5O)CC[C@]4(C)[C@H]3C[C@@H](O)[C@]12C. The van der Waals surface area contributed by atoms with Crippen LogP contribution in [-0.2, 0) is 28.4 Å². The summed E-state index contributed by atoms with van der Waals surface area (Å²) in [4.78, 5) is 0. The molecule has 12 N–H and O–H groups in total. The quantitative estimate of drug-likeness (QED) is 0.0967. The Labute approximate surface area is 369 Å². The van der Waals surface area contributed by atoms with Crippen molar-refractivity contribution < 1.29 is 89.7 Å². The molecule has 18 heteroatoms. The molecule has 0 bridgehead atoms. The van der Waals surface area contributed by atoms with Gasteiger partial charge < -0.3 is 89.7 Å². The van der Waals surface area contributed by atoms with Gasteiger partial charge in [-0.25, -0.2) is 0 Å². The molecule has 364 valence electrons. The fraction of sp³-hybridized carbons (Fsp3) is 0.956. The van der Waals surface area contributed by atoms with Gasteiger partial charge in [-0.2, -0.15) is 0 Å². The van der Waals surface area contributed by atoms with E-state index in [-0.39, 0.29) is 35.0 Å². The number of ether oxygens (including phenoxy) is 6. The van der Waals surface area contributed by atoms with Crippen molar-refractivity contribution in [2.45, 2.75) is 209 Å². The van der Waals surface area contributed by atoms with Gasteiger partial charge in [0, 0.05) is 5.41 Å². The van der Waals surface area contributed by atoms with E-state index in [1.807, 2.05) is 6.92 Å². The highest BCUT2D eigenvalue weighted by molar-refractivity contribution is 5.27. The zero-order valence-electron chi connectivity index (χ0n) is 37.4. The first-order chi connectivity index (χ1) is 29.7. The molecule has 3 saturated heterocycles. The van der Waals surface area contributed by atoms with E-state index >= 15 is 0 Å². The maximum Gasteiger partial charge on any atom is 0.187 e. The third-order valence-electron chi connectivity index (χ3n) is 16.9. The zero-order chi connectivity index (χ0) is 46.0. The summed E-state index contributed by atoms with van der Waals surface area (Å²) in [6.45, 7) is 10.8. The lowest BCUT2D eigenvalue weighted by atomic mass is 9.46. The Balaban J connectivity index is 1.12. The minimum absolute atomic E-state index is 0.0470. The van der Waals surface area contributed by atoms with Gasteiger partial charge in [0.15, 0.2) is 18.9 Å². The van der Waals surface area contributed by atoms with Gasteiger partial charge in [0.25, 0.3) is 0 Å². The fourth-order valence-electron chi connectivity index (χ4n) is 12.9. The van der Waals surface area contributed by atoms with Crippen molar-refractivity contribution in [2.24, 2.45) is 46.3 Å². The molecule has 0 amide bonds. The Morgan fingerprint density at radius 3 is 1.94 bits per heavy atom. The maximum atomic E-state index is 12.5. The molecule has 4 aliphatic carbocycles. The zero-order valence-corrected chi connectivity index (χ0v) is 37.4. The highest BCUT2D eigenvalue weighted by Crippen LogP contribution is 2.68. The van der Waals surface area contributed by atoms with Crippen molar-refractivity contribution in [3.8, 4) is 0 Å². The Morgan fingerprint density at radius 2 is 1.30 bits per heavy atom. The van der Waals surface area contributed by atoms with Crippen molar-refractivity contribution in [1.29, 1.82) is 0 Å². The number of rotatable bonds is 13. The molecule has 7 rings (SSSR count). The first kappa shape index (κ1) is 49.9. The number of allylic oxidation sites excluding steroid dienone is 1. The van der Waals surface area contributed by atoms with Gasteiger partial charge in [-0.05, 0) is 99.2 Å². The van der Waals surface area contributed by atoms with E-state index < -0.39 is 135 Å². The van der Waals surface area contributed by atoms with Crippen LogP contribution in [0.4, 0.5) is 0 Å². The molecule has 26 atom stereocenters. The van der Waals surface area contributed by atoms with Gasteiger partial charge in [0.2, 0.25) is 0 Å². The molecule has 63 heavy (non-hydrogen) atoms. The summed E-state index contributed by atoms with van der Waals surface area (Å²) in [6, 6.07) is 0. The third kappa shape index (κ3) is 9.08. The molecule has 0 aromatic carbocycles. The summed E-state index contributed by atoms with van der Waals surface area (Å²) in [6.07, 6.45) is -17.2. The molecule has 3 aliphatic heterocycles. The topological polar surface area (TPSA) is 298 Å². The van der Waals surface area contributed by atoms with Crippen LogP contribution in [0.2, 0.25) is 0 Å². The highest BCUT2D eigenvalue weighted by Gasteiger charge is 2.67. The van der Waals surface area contributed by atoms with Crippen molar-refractivity contribution >= 4 is 0 Å². The summed E-state index contributed by atoms with van der Waals surface area (Å²) in [5.41, 5.74) is 0.0736. The van der Waals surface area contributed by atoms with E-state index in [0.29, 0.717) is 50.9 Å². The van der Waals surface area contributed by atoms with E-state index in [1.54, 1.807) is 0 Å². The molecule has 0 radical (unpaired) electrons. The lowest BCUT2D eigenvalue weighted by Gasteiger charge is -2.60. The normalized spacial score (nSPS) is 52.4. The molecule has 7 aliphatic rings. The molecular formula is C45H76O18.